The maximum atomic E-state index is 11.3. The van der Waals surface area contributed by atoms with Gasteiger partial charge >= 0.3 is 0 Å². The van der Waals surface area contributed by atoms with Crippen molar-refractivity contribution in [2.45, 2.75) is 52.9 Å². The SMILES string of the molecule is CNCCNC(=O)CCCCCC(C)(C)C. The molecule has 0 spiro atoms. The Kier molecular flexibility index (Phi) is 8.26. The predicted molar refractivity (Wildman–Crippen MR) is 69.5 cm³/mol. The zero-order valence-corrected chi connectivity index (χ0v) is 11.4. The van der Waals surface area contributed by atoms with Crippen molar-refractivity contribution in [2.75, 3.05) is 20.1 Å². The number of carbonyl (C=O) groups is 1. The van der Waals surface area contributed by atoms with Crippen LogP contribution in [0.4, 0.5) is 0 Å². The van der Waals surface area contributed by atoms with Gasteiger partial charge in [-0.3, -0.25) is 4.79 Å². The lowest BCUT2D eigenvalue weighted by Crippen LogP contribution is -2.30. The monoisotopic (exact) mass is 228 g/mol. The Morgan fingerprint density at radius 1 is 1.06 bits per heavy atom. The molecule has 0 aromatic heterocycles. The molecule has 0 bridgehead atoms. The lowest BCUT2D eigenvalue weighted by atomic mass is 9.89. The second-order valence-corrected chi connectivity index (χ2v) is 5.57. The van der Waals surface area contributed by atoms with E-state index in [1.165, 1.54) is 12.8 Å². The van der Waals surface area contributed by atoms with Gasteiger partial charge < -0.3 is 10.6 Å². The zero-order valence-electron chi connectivity index (χ0n) is 11.4. The number of hydrogen-bond donors (Lipinski definition) is 2. The molecule has 0 atom stereocenters. The molecule has 0 aliphatic carbocycles. The Labute approximate surface area is 100 Å². The van der Waals surface area contributed by atoms with Crippen molar-refractivity contribution in [3.8, 4) is 0 Å². The number of carbonyl (C=O) groups excluding carboxylic acids is 1. The van der Waals surface area contributed by atoms with Crippen LogP contribution in [0.2, 0.25) is 0 Å². The van der Waals surface area contributed by atoms with Crippen LogP contribution in [0, 0.1) is 5.41 Å². The molecule has 0 aromatic rings. The molecule has 0 heterocycles. The van der Waals surface area contributed by atoms with Gasteiger partial charge in [-0.1, -0.05) is 33.6 Å². The molecule has 1 amide bonds. The van der Waals surface area contributed by atoms with E-state index in [9.17, 15) is 4.79 Å². The predicted octanol–water partition coefficient (Wildman–Crippen LogP) is 2.32. The van der Waals surface area contributed by atoms with Crippen molar-refractivity contribution in [1.82, 2.24) is 10.6 Å². The van der Waals surface area contributed by atoms with Gasteiger partial charge in [0.15, 0.2) is 0 Å². The van der Waals surface area contributed by atoms with E-state index in [4.69, 9.17) is 0 Å². The number of amides is 1. The van der Waals surface area contributed by atoms with E-state index in [0.29, 0.717) is 11.8 Å². The highest BCUT2D eigenvalue weighted by Gasteiger charge is 2.09. The zero-order chi connectivity index (χ0) is 12.4. The molecule has 0 saturated heterocycles. The van der Waals surface area contributed by atoms with E-state index in [1.54, 1.807) is 0 Å². The first-order chi connectivity index (χ1) is 7.45. The van der Waals surface area contributed by atoms with Crippen LogP contribution in [0.5, 0.6) is 0 Å². The summed E-state index contributed by atoms with van der Waals surface area (Å²) >= 11 is 0. The largest absolute Gasteiger partial charge is 0.355 e. The molecular formula is C13H28N2O. The minimum Gasteiger partial charge on any atom is -0.355 e. The molecule has 0 aliphatic heterocycles. The van der Waals surface area contributed by atoms with Crippen LogP contribution in [-0.2, 0) is 4.79 Å². The summed E-state index contributed by atoms with van der Waals surface area (Å²) in [6.45, 7) is 8.36. The molecule has 0 rings (SSSR count). The molecule has 0 unspecified atom stereocenters. The quantitative estimate of drug-likeness (QED) is 0.626. The minimum atomic E-state index is 0.186. The number of nitrogens with one attached hydrogen (secondary N) is 2. The summed E-state index contributed by atoms with van der Waals surface area (Å²) in [5, 5.41) is 5.89. The molecule has 3 heteroatoms. The number of hydrogen-bond acceptors (Lipinski definition) is 2. The third-order valence-corrected chi connectivity index (χ3v) is 2.53. The molecule has 0 fully saturated rings. The van der Waals surface area contributed by atoms with Crippen LogP contribution in [0.15, 0.2) is 0 Å². The van der Waals surface area contributed by atoms with Gasteiger partial charge in [-0.25, -0.2) is 0 Å². The van der Waals surface area contributed by atoms with E-state index in [0.717, 1.165) is 25.9 Å². The van der Waals surface area contributed by atoms with Crippen LogP contribution in [0.3, 0.4) is 0 Å². The van der Waals surface area contributed by atoms with Crippen LogP contribution >= 0.6 is 0 Å². The number of unbranched alkanes of at least 4 members (excludes halogenated alkanes) is 2. The molecular weight excluding hydrogens is 200 g/mol. The highest BCUT2D eigenvalue weighted by molar-refractivity contribution is 5.75. The van der Waals surface area contributed by atoms with Gasteiger partial charge in [-0.2, -0.15) is 0 Å². The van der Waals surface area contributed by atoms with Gasteiger partial charge in [0.25, 0.3) is 0 Å². The van der Waals surface area contributed by atoms with Gasteiger partial charge in [0, 0.05) is 19.5 Å². The van der Waals surface area contributed by atoms with Crippen molar-refractivity contribution in [1.29, 1.82) is 0 Å². The topological polar surface area (TPSA) is 41.1 Å². The van der Waals surface area contributed by atoms with Crippen molar-refractivity contribution in [3.05, 3.63) is 0 Å². The fourth-order valence-electron chi connectivity index (χ4n) is 1.53. The van der Waals surface area contributed by atoms with Crippen LogP contribution in [-0.4, -0.2) is 26.0 Å². The first-order valence-electron chi connectivity index (χ1n) is 6.37. The van der Waals surface area contributed by atoms with Crippen LogP contribution in [0.25, 0.3) is 0 Å². The normalized spacial score (nSPS) is 11.5. The van der Waals surface area contributed by atoms with E-state index in [-0.39, 0.29) is 5.91 Å². The summed E-state index contributed by atoms with van der Waals surface area (Å²) in [6.07, 6.45) is 5.33. The van der Waals surface area contributed by atoms with Crippen LogP contribution in [0.1, 0.15) is 52.9 Å². The van der Waals surface area contributed by atoms with Crippen LogP contribution < -0.4 is 10.6 Å². The fourth-order valence-corrected chi connectivity index (χ4v) is 1.53. The molecule has 96 valence electrons. The molecule has 0 aliphatic rings. The van der Waals surface area contributed by atoms with E-state index < -0.39 is 0 Å². The number of rotatable bonds is 8. The Bertz CT molecular complexity index is 185. The first kappa shape index (κ1) is 15.4. The standard InChI is InChI=1S/C13H28N2O/c1-13(2,3)9-7-5-6-8-12(16)15-11-10-14-4/h14H,5-11H2,1-4H3,(H,15,16). The second kappa shape index (κ2) is 8.57. The van der Waals surface area contributed by atoms with Gasteiger partial charge in [-0.05, 0) is 25.3 Å². The lowest BCUT2D eigenvalue weighted by Gasteiger charge is -2.17. The van der Waals surface area contributed by atoms with Gasteiger partial charge in [0.1, 0.15) is 0 Å². The Morgan fingerprint density at radius 3 is 2.31 bits per heavy atom. The maximum Gasteiger partial charge on any atom is 0.220 e. The average molecular weight is 228 g/mol. The summed E-state index contributed by atoms with van der Waals surface area (Å²) in [6, 6.07) is 0. The van der Waals surface area contributed by atoms with Crippen molar-refractivity contribution in [2.24, 2.45) is 5.41 Å². The van der Waals surface area contributed by atoms with Crippen molar-refractivity contribution in [3.63, 3.8) is 0 Å². The third kappa shape index (κ3) is 11.5. The van der Waals surface area contributed by atoms with E-state index >= 15 is 0 Å². The Balaban J connectivity index is 3.28. The highest BCUT2D eigenvalue weighted by Crippen LogP contribution is 2.22. The highest BCUT2D eigenvalue weighted by atomic mass is 16.1. The maximum absolute atomic E-state index is 11.3. The van der Waals surface area contributed by atoms with E-state index in [2.05, 4.69) is 31.4 Å². The summed E-state index contributed by atoms with van der Waals surface area (Å²) in [5.41, 5.74) is 0.426. The summed E-state index contributed by atoms with van der Waals surface area (Å²) in [5.74, 6) is 0.186. The van der Waals surface area contributed by atoms with Crippen molar-refractivity contribution < 1.29 is 4.79 Å². The molecule has 16 heavy (non-hydrogen) atoms. The van der Waals surface area contributed by atoms with Gasteiger partial charge in [0.2, 0.25) is 5.91 Å². The first-order valence-corrected chi connectivity index (χ1v) is 6.37. The molecule has 0 saturated carbocycles. The Hall–Kier alpha value is -0.570. The molecule has 2 N–H and O–H groups in total. The smallest absolute Gasteiger partial charge is 0.220 e. The Morgan fingerprint density at radius 2 is 1.75 bits per heavy atom. The summed E-state index contributed by atoms with van der Waals surface area (Å²) < 4.78 is 0. The second-order valence-electron chi connectivity index (χ2n) is 5.57. The summed E-state index contributed by atoms with van der Waals surface area (Å²) in [7, 11) is 1.89. The minimum absolute atomic E-state index is 0.186. The molecule has 3 nitrogen and oxygen atoms in total. The number of likely N-dealkylation sites (N-methyl/N-ethyl adjacent to an activating group) is 1. The van der Waals surface area contributed by atoms with E-state index in [1.807, 2.05) is 7.05 Å². The third-order valence-electron chi connectivity index (χ3n) is 2.53. The molecule has 0 aromatic carbocycles. The summed E-state index contributed by atoms with van der Waals surface area (Å²) in [4.78, 5) is 11.3. The van der Waals surface area contributed by atoms with Gasteiger partial charge in [-0.15, -0.1) is 0 Å². The fraction of sp³-hybridized carbons (Fsp3) is 0.923. The lowest BCUT2D eigenvalue weighted by molar-refractivity contribution is -0.121. The average Bonchev–Trinajstić information content (AvgIpc) is 2.16. The van der Waals surface area contributed by atoms with Gasteiger partial charge in [0.05, 0.1) is 0 Å². The molecule has 0 radical (unpaired) electrons. The van der Waals surface area contributed by atoms with Crippen molar-refractivity contribution >= 4 is 5.91 Å².